The lowest BCUT2D eigenvalue weighted by atomic mass is 9.87. The molecule has 0 amide bonds. The highest BCUT2D eigenvalue weighted by Gasteiger charge is 2.43. The van der Waals surface area contributed by atoms with Gasteiger partial charge in [0.1, 0.15) is 0 Å². The van der Waals surface area contributed by atoms with Gasteiger partial charge in [-0.3, -0.25) is 0 Å². The SMILES string of the molecule is CC1NCC2CC1N2I. The molecule has 9 heavy (non-hydrogen) atoms. The third kappa shape index (κ3) is 0.816. The molecule has 2 nitrogen and oxygen atoms in total. The monoisotopic (exact) mass is 238 g/mol. The Bertz CT molecular complexity index is 122. The molecule has 3 heteroatoms. The number of nitrogens with zero attached hydrogens (tertiary/aromatic N) is 1. The predicted molar refractivity (Wildman–Crippen MR) is 45.5 cm³/mol. The summed E-state index contributed by atoms with van der Waals surface area (Å²) in [7, 11) is 0. The second kappa shape index (κ2) is 2.07. The lowest BCUT2D eigenvalue weighted by Crippen LogP contribution is -2.67. The number of rotatable bonds is 0. The molecule has 0 saturated carbocycles. The van der Waals surface area contributed by atoms with E-state index in [1.807, 2.05) is 0 Å². The van der Waals surface area contributed by atoms with Gasteiger partial charge in [0.2, 0.25) is 0 Å². The first kappa shape index (κ1) is 6.37. The van der Waals surface area contributed by atoms with Gasteiger partial charge in [0.25, 0.3) is 0 Å². The highest BCUT2D eigenvalue weighted by Crippen LogP contribution is 2.34. The van der Waals surface area contributed by atoms with Gasteiger partial charge < -0.3 is 5.32 Å². The van der Waals surface area contributed by atoms with Crippen molar-refractivity contribution in [2.45, 2.75) is 31.5 Å². The largest absolute Gasteiger partial charge is 0.311 e. The van der Waals surface area contributed by atoms with Crippen molar-refractivity contribution in [2.24, 2.45) is 0 Å². The van der Waals surface area contributed by atoms with Crippen LogP contribution in [0.3, 0.4) is 0 Å². The summed E-state index contributed by atoms with van der Waals surface area (Å²) >= 11 is 2.44. The molecule has 0 aromatic heterocycles. The zero-order chi connectivity index (χ0) is 6.43. The van der Waals surface area contributed by atoms with Crippen molar-refractivity contribution in [2.75, 3.05) is 6.54 Å². The molecule has 1 N–H and O–H groups in total. The van der Waals surface area contributed by atoms with E-state index in [0.29, 0.717) is 6.04 Å². The van der Waals surface area contributed by atoms with Crippen LogP contribution in [0.2, 0.25) is 0 Å². The van der Waals surface area contributed by atoms with Crippen LogP contribution in [0.25, 0.3) is 0 Å². The Balaban J connectivity index is 2.06. The van der Waals surface area contributed by atoms with Gasteiger partial charge in [0, 0.05) is 47.5 Å². The van der Waals surface area contributed by atoms with Crippen molar-refractivity contribution >= 4 is 22.9 Å². The van der Waals surface area contributed by atoms with E-state index >= 15 is 0 Å². The quantitative estimate of drug-likeness (QED) is 0.495. The minimum Gasteiger partial charge on any atom is -0.311 e. The topological polar surface area (TPSA) is 15.3 Å². The molecule has 0 aromatic rings. The molecule has 0 radical (unpaired) electrons. The lowest BCUT2D eigenvalue weighted by Gasteiger charge is -2.52. The molecule has 52 valence electrons. The number of halogens is 1. The van der Waals surface area contributed by atoms with Crippen LogP contribution in [0.4, 0.5) is 0 Å². The average molecular weight is 238 g/mol. The first-order valence-electron chi connectivity index (χ1n) is 3.46. The Hall–Kier alpha value is 0.650. The van der Waals surface area contributed by atoms with Crippen molar-refractivity contribution in [1.82, 2.24) is 8.43 Å². The van der Waals surface area contributed by atoms with Crippen LogP contribution in [0.15, 0.2) is 0 Å². The minimum absolute atomic E-state index is 0.715. The van der Waals surface area contributed by atoms with E-state index in [4.69, 9.17) is 0 Å². The molecule has 0 spiro atoms. The van der Waals surface area contributed by atoms with Gasteiger partial charge in [-0.1, -0.05) is 0 Å². The van der Waals surface area contributed by atoms with Crippen LogP contribution in [0.5, 0.6) is 0 Å². The van der Waals surface area contributed by atoms with Crippen LogP contribution >= 0.6 is 22.9 Å². The molecule has 3 fully saturated rings. The number of nitrogens with one attached hydrogen (secondary N) is 1. The maximum atomic E-state index is 3.47. The van der Waals surface area contributed by atoms with Crippen LogP contribution in [-0.4, -0.2) is 27.8 Å². The summed E-state index contributed by atoms with van der Waals surface area (Å²) < 4.78 is 2.46. The highest BCUT2D eigenvalue weighted by atomic mass is 127. The second-order valence-corrected chi connectivity index (χ2v) is 4.11. The molecule has 2 bridgehead atoms. The predicted octanol–water partition coefficient (Wildman–Crippen LogP) is 0.771. The van der Waals surface area contributed by atoms with Crippen molar-refractivity contribution in [3.8, 4) is 0 Å². The van der Waals surface area contributed by atoms with E-state index in [-0.39, 0.29) is 0 Å². The number of piperidine rings is 1. The average Bonchev–Trinajstić information content (AvgIpc) is 1.86. The molecule has 3 aliphatic heterocycles. The molecule has 3 saturated heterocycles. The van der Waals surface area contributed by atoms with E-state index in [9.17, 15) is 0 Å². The van der Waals surface area contributed by atoms with Crippen LogP contribution < -0.4 is 5.32 Å². The van der Waals surface area contributed by atoms with Gasteiger partial charge in [-0.2, -0.15) is 0 Å². The fraction of sp³-hybridized carbons (Fsp3) is 1.00. The third-order valence-electron chi connectivity index (χ3n) is 2.43. The lowest BCUT2D eigenvalue weighted by molar-refractivity contribution is 0.0681. The first-order valence-corrected chi connectivity index (χ1v) is 4.43. The number of hydrogen-bond donors (Lipinski definition) is 1. The molecular formula is C6H11IN2. The summed E-state index contributed by atoms with van der Waals surface area (Å²) in [5, 5.41) is 3.47. The van der Waals surface area contributed by atoms with E-state index < -0.39 is 0 Å². The molecule has 0 aromatic carbocycles. The van der Waals surface area contributed by atoms with Gasteiger partial charge in [-0.15, -0.1) is 0 Å². The Morgan fingerprint density at radius 2 is 2.44 bits per heavy atom. The van der Waals surface area contributed by atoms with Crippen molar-refractivity contribution in [1.29, 1.82) is 0 Å². The van der Waals surface area contributed by atoms with Crippen molar-refractivity contribution in [3.63, 3.8) is 0 Å². The van der Waals surface area contributed by atoms with Crippen LogP contribution in [-0.2, 0) is 0 Å². The van der Waals surface area contributed by atoms with Gasteiger partial charge in [0.05, 0.1) is 0 Å². The Morgan fingerprint density at radius 3 is 2.78 bits per heavy atom. The van der Waals surface area contributed by atoms with E-state index in [1.54, 1.807) is 0 Å². The Kier molecular flexibility index (Phi) is 1.46. The molecule has 3 aliphatic rings. The van der Waals surface area contributed by atoms with Crippen LogP contribution in [0, 0.1) is 0 Å². The highest BCUT2D eigenvalue weighted by molar-refractivity contribution is 14.1. The van der Waals surface area contributed by atoms with Gasteiger partial charge in [-0.05, 0) is 13.3 Å². The fourth-order valence-electron chi connectivity index (χ4n) is 1.66. The van der Waals surface area contributed by atoms with E-state index in [0.717, 1.165) is 12.1 Å². The summed E-state index contributed by atoms with van der Waals surface area (Å²) in [5.74, 6) is 0. The van der Waals surface area contributed by atoms with E-state index in [2.05, 4.69) is 38.2 Å². The number of piperazine rings is 1. The van der Waals surface area contributed by atoms with Gasteiger partial charge >= 0.3 is 0 Å². The third-order valence-corrected chi connectivity index (χ3v) is 3.94. The molecule has 3 atom stereocenters. The minimum atomic E-state index is 0.715. The summed E-state index contributed by atoms with van der Waals surface area (Å²) in [5.41, 5.74) is 0. The van der Waals surface area contributed by atoms with Gasteiger partial charge in [-0.25, -0.2) is 3.11 Å². The molecule has 3 unspecified atom stereocenters. The van der Waals surface area contributed by atoms with Crippen LogP contribution in [0.1, 0.15) is 13.3 Å². The zero-order valence-electron chi connectivity index (χ0n) is 5.47. The smallest absolute Gasteiger partial charge is 0.0364 e. The molecular weight excluding hydrogens is 227 g/mol. The fourth-order valence-corrected chi connectivity index (χ4v) is 2.79. The summed E-state index contributed by atoms with van der Waals surface area (Å²) in [6.45, 7) is 3.46. The van der Waals surface area contributed by atoms with Crippen molar-refractivity contribution < 1.29 is 0 Å². The number of fused-ring (bicyclic) bond motifs is 2. The maximum absolute atomic E-state index is 3.47. The zero-order valence-corrected chi connectivity index (χ0v) is 7.63. The standard InChI is InChI=1S/C6H11IN2/c1-4-6-2-5(3-8-4)9(6)7/h4-6,8H,2-3H2,1H3. The summed E-state index contributed by atoms with van der Waals surface area (Å²) in [6, 6.07) is 2.38. The summed E-state index contributed by atoms with van der Waals surface area (Å²) in [6.07, 6.45) is 1.41. The molecule has 3 heterocycles. The Morgan fingerprint density at radius 1 is 1.67 bits per heavy atom. The maximum Gasteiger partial charge on any atom is 0.0364 e. The molecule has 0 aliphatic carbocycles. The molecule has 3 rings (SSSR count). The Labute approximate surface area is 69.5 Å². The normalized spacial score (nSPS) is 50.7. The second-order valence-electron chi connectivity index (χ2n) is 3.00. The summed E-state index contributed by atoms with van der Waals surface area (Å²) in [4.78, 5) is 0. The van der Waals surface area contributed by atoms with E-state index in [1.165, 1.54) is 13.0 Å². The van der Waals surface area contributed by atoms with Crippen molar-refractivity contribution in [3.05, 3.63) is 0 Å². The van der Waals surface area contributed by atoms with Gasteiger partial charge in [0.15, 0.2) is 0 Å². The first-order chi connectivity index (χ1) is 4.29. The number of hydrogen-bond acceptors (Lipinski definition) is 2.